The molecule has 0 bridgehead atoms. The second-order valence-corrected chi connectivity index (χ2v) is 7.98. The minimum absolute atomic E-state index is 0.172. The van der Waals surface area contributed by atoms with Crippen LogP contribution in [0.3, 0.4) is 0 Å². The number of nitrogens with zero attached hydrogens (tertiary/aromatic N) is 2. The van der Waals surface area contributed by atoms with Gasteiger partial charge >= 0.3 is 0 Å². The van der Waals surface area contributed by atoms with Crippen molar-refractivity contribution in [2.45, 2.75) is 52.1 Å². The predicted octanol–water partition coefficient (Wildman–Crippen LogP) is 1.74. The van der Waals surface area contributed by atoms with E-state index in [1.54, 1.807) is 4.90 Å². The van der Waals surface area contributed by atoms with Gasteiger partial charge in [0.2, 0.25) is 5.91 Å². The summed E-state index contributed by atoms with van der Waals surface area (Å²) in [6.45, 7) is 8.82. The molecule has 1 saturated heterocycles. The van der Waals surface area contributed by atoms with Crippen LogP contribution in [-0.2, 0) is 9.53 Å². The summed E-state index contributed by atoms with van der Waals surface area (Å²) in [5.74, 6) is 0.647. The lowest BCUT2D eigenvalue weighted by atomic mass is 9.67. The Bertz CT molecular complexity index is 380. The van der Waals surface area contributed by atoms with Gasteiger partial charge in [-0.25, -0.2) is 0 Å². The lowest BCUT2D eigenvalue weighted by Crippen LogP contribution is -2.45. The molecule has 0 aromatic rings. The number of carbonyl (C=O) groups is 1. The van der Waals surface area contributed by atoms with E-state index in [4.69, 9.17) is 4.74 Å². The van der Waals surface area contributed by atoms with Crippen molar-refractivity contribution in [3.8, 4) is 0 Å². The van der Waals surface area contributed by atoms with Crippen molar-refractivity contribution in [3.05, 3.63) is 0 Å². The molecule has 2 atom stereocenters. The smallest absolute Gasteiger partial charge is 0.222 e. The van der Waals surface area contributed by atoms with Gasteiger partial charge in [-0.05, 0) is 24.2 Å². The maximum Gasteiger partial charge on any atom is 0.222 e. The van der Waals surface area contributed by atoms with E-state index < -0.39 is 6.10 Å². The van der Waals surface area contributed by atoms with Crippen LogP contribution in [0.4, 0.5) is 0 Å². The van der Waals surface area contributed by atoms with Gasteiger partial charge in [0, 0.05) is 39.6 Å². The Labute approximate surface area is 141 Å². The number of β-amino-alcohol motifs (C(OH)–C–C–N with tert-alkyl or cyclic N) is 1. The van der Waals surface area contributed by atoms with E-state index in [0.29, 0.717) is 25.4 Å². The van der Waals surface area contributed by atoms with Gasteiger partial charge in [-0.1, -0.05) is 26.7 Å². The third kappa shape index (κ3) is 5.73. The zero-order valence-electron chi connectivity index (χ0n) is 15.1. The largest absolute Gasteiger partial charge is 0.390 e. The molecule has 1 amide bonds. The van der Waals surface area contributed by atoms with Gasteiger partial charge in [-0.2, -0.15) is 0 Å². The lowest BCUT2D eigenvalue weighted by molar-refractivity contribution is -0.133. The summed E-state index contributed by atoms with van der Waals surface area (Å²) in [7, 11) is 1.82. The Morgan fingerprint density at radius 2 is 2.04 bits per heavy atom. The van der Waals surface area contributed by atoms with Gasteiger partial charge in [0.15, 0.2) is 0 Å². The summed E-state index contributed by atoms with van der Waals surface area (Å²) in [6.07, 6.45) is 5.03. The fraction of sp³-hybridized carbons (Fsp3) is 0.944. The van der Waals surface area contributed by atoms with E-state index >= 15 is 0 Å². The standard InChI is InChI=1S/C18H34N2O3/c1-18(2)7-5-4-6-15(18)12-17(22)19(3)13-16(21)14-20-8-10-23-11-9-20/h15-16,21H,4-14H2,1-3H3. The Kier molecular flexibility index (Phi) is 6.86. The summed E-state index contributed by atoms with van der Waals surface area (Å²) in [4.78, 5) is 16.4. The van der Waals surface area contributed by atoms with Crippen LogP contribution in [-0.4, -0.2) is 73.4 Å². The van der Waals surface area contributed by atoms with Crippen molar-refractivity contribution >= 4 is 5.91 Å². The summed E-state index contributed by atoms with van der Waals surface area (Å²) < 4.78 is 5.32. The Balaban J connectivity index is 1.75. The molecule has 2 fully saturated rings. The topological polar surface area (TPSA) is 53.0 Å². The molecule has 2 rings (SSSR count). The third-order valence-electron chi connectivity index (χ3n) is 5.63. The summed E-state index contributed by atoms with van der Waals surface area (Å²) in [6, 6.07) is 0. The summed E-state index contributed by atoms with van der Waals surface area (Å²) in [5.41, 5.74) is 0.265. The maximum absolute atomic E-state index is 12.5. The van der Waals surface area contributed by atoms with Gasteiger partial charge in [0.1, 0.15) is 0 Å². The zero-order chi connectivity index (χ0) is 16.9. The molecule has 1 N–H and O–H groups in total. The van der Waals surface area contributed by atoms with Crippen molar-refractivity contribution in [1.29, 1.82) is 0 Å². The van der Waals surface area contributed by atoms with Gasteiger partial charge in [0.05, 0.1) is 19.3 Å². The normalized spacial score (nSPS) is 26.7. The molecule has 0 spiro atoms. The molecule has 0 radical (unpaired) electrons. The average Bonchev–Trinajstić information content (AvgIpc) is 2.50. The van der Waals surface area contributed by atoms with E-state index in [0.717, 1.165) is 32.7 Å². The Morgan fingerprint density at radius 1 is 1.35 bits per heavy atom. The molecule has 23 heavy (non-hydrogen) atoms. The molecule has 0 aromatic heterocycles. The number of amides is 1. The number of carbonyl (C=O) groups excluding carboxylic acids is 1. The number of aliphatic hydroxyl groups excluding tert-OH is 1. The van der Waals surface area contributed by atoms with Crippen LogP contribution >= 0.6 is 0 Å². The van der Waals surface area contributed by atoms with Crippen molar-refractivity contribution in [1.82, 2.24) is 9.80 Å². The number of hydrogen-bond acceptors (Lipinski definition) is 4. The van der Waals surface area contributed by atoms with Crippen LogP contribution in [0.1, 0.15) is 46.0 Å². The number of morpholine rings is 1. The second-order valence-electron chi connectivity index (χ2n) is 7.98. The van der Waals surface area contributed by atoms with E-state index in [-0.39, 0.29) is 11.3 Å². The van der Waals surface area contributed by atoms with Gasteiger partial charge in [0.25, 0.3) is 0 Å². The summed E-state index contributed by atoms with van der Waals surface area (Å²) in [5, 5.41) is 10.3. The van der Waals surface area contributed by atoms with Crippen LogP contribution < -0.4 is 0 Å². The molecular formula is C18H34N2O3. The monoisotopic (exact) mass is 326 g/mol. The number of rotatable bonds is 6. The van der Waals surface area contributed by atoms with Gasteiger partial charge < -0.3 is 14.7 Å². The van der Waals surface area contributed by atoms with Crippen LogP contribution in [0.2, 0.25) is 0 Å². The van der Waals surface area contributed by atoms with Crippen LogP contribution in [0, 0.1) is 11.3 Å². The number of aliphatic hydroxyl groups is 1. The van der Waals surface area contributed by atoms with Crippen LogP contribution in [0.5, 0.6) is 0 Å². The third-order valence-corrected chi connectivity index (χ3v) is 5.63. The predicted molar refractivity (Wildman–Crippen MR) is 91.3 cm³/mol. The van der Waals surface area contributed by atoms with E-state index in [2.05, 4.69) is 18.7 Å². The van der Waals surface area contributed by atoms with E-state index in [1.807, 2.05) is 7.05 Å². The first-order valence-corrected chi connectivity index (χ1v) is 9.10. The molecule has 1 aliphatic heterocycles. The first-order valence-electron chi connectivity index (χ1n) is 9.10. The molecule has 0 aromatic carbocycles. The number of likely N-dealkylation sites (N-methyl/N-ethyl adjacent to an activating group) is 1. The second kappa shape index (κ2) is 8.45. The first kappa shape index (κ1) is 18.7. The van der Waals surface area contributed by atoms with E-state index in [9.17, 15) is 9.90 Å². The highest BCUT2D eigenvalue weighted by molar-refractivity contribution is 5.76. The van der Waals surface area contributed by atoms with Crippen molar-refractivity contribution < 1.29 is 14.6 Å². The highest BCUT2D eigenvalue weighted by atomic mass is 16.5. The molecule has 1 aliphatic carbocycles. The van der Waals surface area contributed by atoms with Crippen molar-refractivity contribution in [3.63, 3.8) is 0 Å². The molecule has 134 valence electrons. The summed E-state index contributed by atoms with van der Waals surface area (Å²) >= 11 is 0. The SMILES string of the molecule is CN(CC(O)CN1CCOCC1)C(=O)CC1CCCCC1(C)C. The highest BCUT2D eigenvalue weighted by Gasteiger charge is 2.34. The number of ether oxygens (including phenoxy) is 1. The van der Waals surface area contributed by atoms with E-state index in [1.165, 1.54) is 19.3 Å². The molecule has 1 heterocycles. The Morgan fingerprint density at radius 3 is 2.70 bits per heavy atom. The molecule has 5 heteroatoms. The zero-order valence-corrected chi connectivity index (χ0v) is 15.1. The highest BCUT2D eigenvalue weighted by Crippen LogP contribution is 2.42. The van der Waals surface area contributed by atoms with Crippen LogP contribution in [0.15, 0.2) is 0 Å². The molecule has 2 unspecified atom stereocenters. The average molecular weight is 326 g/mol. The molecular weight excluding hydrogens is 292 g/mol. The maximum atomic E-state index is 12.5. The van der Waals surface area contributed by atoms with Crippen molar-refractivity contribution in [2.75, 3.05) is 46.4 Å². The lowest BCUT2D eigenvalue weighted by Gasteiger charge is -2.39. The van der Waals surface area contributed by atoms with Gasteiger partial charge in [-0.15, -0.1) is 0 Å². The first-order chi connectivity index (χ1) is 10.9. The number of hydrogen-bond donors (Lipinski definition) is 1. The van der Waals surface area contributed by atoms with Crippen LogP contribution in [0.25, 0.3) is 0 Å². The molecule has 5 nitrogen and oxygen atoms in total. The minimum atomic E-state index is -0.485. The Hall–Kier alpha value is -0.650. The minimum Gasteiger partial charge on any atom is -0.390 e. The van der Waals surface area contributed by atoms with Crippen molar-refractivity contribution in [2.24, 2.45) is 11.3 Å². The van der Waals surface area contributed by atoms with Gasteiger partial charge in [-0.3, -0.25) is 9.69 Å². The fourth-order valence-electron chi connectivity index (χ4n) is 3.87. The molecule has 2 aliphatic rings. The molecule has 1 saturated carbocycles. The quantitative estimate of drug-likeness (QED) is 0.808. The fourth-order valence-corrected chi connectivity index (χ4v) is 3.87.